The van der Waals surface area contributed by atoms with Gasteiger partial charge in [0.05, 0.1) is 0 Å². The van der Waals surface area contributed by atoms with E-state index in [0.717, 1.165) is 49.0 Å². The summed E-state index contributed by atoms with van der Waals surface area (Å²) in [7, 11) is 0. The Morgan fingerprint density at radius 3 is 1.27 bits per heavy atom. The molecule has 0 amide bonds. The Labute approximate surface area is 342 Å². The maximum absolute atomic E-state index is 5.42. The fourth-order valence-corrected chi connectivity index (χ4v) is 9.85. The first-order chi connectivity index (χ1) is 29.0. The lowest BCUT2D eigenvalue weighted by Gasteiger charge is -2.21. The number of hydrogen-bond acceptors (Lipinski definition) is 3. The van der Waals surface area contributed by atoms with E-state index >= 15 is 0 Å². The Balaban J connectivity index is 1.11. The normalized spacial score (nSPS) is 13.1. The second-order valence-electron chi connectivity index (χ2n) is 16.3. The first kappa shape index (κ1) is 33.6. The Morgan fingerprint density at radius 2 is 0.695 bits per heavy atom. The molecule has 0 spiro atoms. The van der Waals surface area contributed by atoms with Crippen LogP contribution in [-0.2, 0) is 5.41 Å². The topological polar surface area (TPSA) is 38.7 Å². The average molecular weight is 752 g/mol. The highest BCUT2D eigenvalue weighted by molar-refractivity contribution is 6.15. The van der Waals surface area contributed by atoms with Crippen LogP contribution in [0.5, 0.6) is 0 Å². The third-order valence-electron chi connectivity index (χ3n) is 12.7. The van der Waals surface area contributed by atoms with Gasteiger partial charge in [-0.05, 0) is 112 Å². The standard InChI is InChI=1S/C56H37N3/c1-56(2)51-26-14-13-25-46(51)48-31-36(27-30-52(48)56)39-28-29-47(43-22-10-7-21-42(39)43)53-57-54(49-32-34-15-3-5-17-37(34)40-19-8-11-23-44(40)49)59-55(58-53)50-33-35-16-4-6-18-38(35)41-20-9-12-24-45(41)50/h3-33H,1-2H3. The summed E-state index contributed by atoms with van der Waals surface area (Å²) in [5.41, 5.74) is 10.7. The largest absolute Gasteiger partial charge is 0.208 e. The van der Waals surface area contributed by atoms with E-state index in [1.807, 2.05) is 0 Å². The van der Waals surface area contributed by atoms with Crippen molar-refractivity contribution in [1.82, 2.24) is 15.0 Å². The Hall–Kier alpha value is -7.49. The maximum atomic E-state index is 5.42. The number of benzene rings is 10. The molecule has 3 heteroatoms. The molecule has 0 saturated carbocycles. The molecule has 1 aliphatic carbocycles. The number of hydrogen-bond donors (Lipinski definition) is 0. The third-order valence-corrected chi connectivity index (χ3v) is 12.7. The molecule has 0 unspecified atom stereocenters. The quantitative estimate of drug-likeness (QED) is 0.168. The summed E-state index contributed by atoms with van der Waals surface area (Å²) in [6.07, 6.45) is 0. The molecular weight excluding hydrogens is 715 g/mol. The molecule has 59 heavy (non-hydrogen) atoms. The molecule has 0 fully saturated rings. The van der Waals surface area contributed by atoms with Crippen molar-refractivity contribution in [1.29, 1.82) is 0 Å². The molecule has 0 aliphatic heterocycles. The molecule has 3 nitrogen and oxygen atoms in total. The summed E-state index contributed by atoms with van der Waals surface area (Å²) in [6, 6.07) is 67.9. The molecule has 11 aromatic rings. The monoisotopic (exact) mass is 751 g/mol. The Morgan fingerprint density at radius 1 is 0.288 bits per heavy atom. The first-order valence-corrected chi connectivity index (χ1v) is 20.4. The lowest BCUT2D eigenvalue weighted by Crippen LogP contribution is -2.14. The second-order valence-corrected chi connectivity index (χ2v) is 16.3. The van der Waals surface area contributed by atoms with Crippen LogP contribution in [-0.4, -0.2) is 15.0 Å². The molecule has 1 aromatic heterocycles. The van der Waals surface area contributed by atoms with Gasteiger partial charge in [-0.2, -0.15) is 0 Å². The van der Waals surface area contributed by atoms with Crippen LogP contribution in [0.2, 0.25) is 0 Å². The van der Waals surface area contributed by atoms with Crippen LogP contribution in [0.3, 0.4) is 0 Å². The molecule has 10 aromatic carbocycles. The highest BCUT2D eigenvalue weighted by Gasteiger charge is 2.35. The van der Waals surface area contributed by atoms with Crippen molar-refractivity contribution in [2.45, 2.75) is 19.3 Å². The van der Waals surface area contributed by atoms with Gasteiger partial charge in [-0.25, -0.2) is 15.0 Å². The van der Waals surface area contributed by atoms with Crippen LogP contribution in [0.15, 0.2) is 188 Å². The minimum Gasteiger partial charge on any atom is -0.208 e. The van der Waals surface area contributed by atoms with Crippen LogP contribution in [0.1, 0.15) is 25.0 Å². The molecule has 276 valence electrons. The molecule has 0 N–H and O–H groups in total. The van der Waals surface area contributed by atoms with Gasteiger partial charge in [-0.1, -0.05) is 178 Å². The van der Waals surface area contributed by atoms with Gasteiger partial charge in [0.15, 0.2) is 17.5 Å². The fourth-order valence-electron chi connectivity index (χ4n) is 9.85. The summed E-state index contributed by atoms with van der Waals surface area (Å²) in [5, 5.41) is 11.5. The molecule has 1 heterocycles. The second kappa shape index (κ2) is 12.8. The van der Waals surface area contributed by atoms with Gasteiger partial charge >= 0.3 is 0 Å². The van der Waals surface area contributed by atoms with Gasteiger partial charge in [-0.15, -0.1) is 0 Å². The van der Waals surface area contributed by atoms with Crippen LogP contribution in [0.4, 0.5) is 0 Å². The van der Waals surface area contributed by atoms with Gasteiger partial charge in [0.25, 0.3) is 0 Å². The third kappa shape index (κ3) is 5.11. The van der Waals surface area contributed by atoms with Crippen LogP contribution in [0.25, 0.3) is 110 Å². The molecule has 0 bridgehead atoms. The van der Waals surface area contributed by atoms with E-state index in [1.165, 1.54) is 54.9 Å². The fraction of sp³-hybridized carbons (Fsp3) is 0.0536. The Kier molecular flexibility index (Phi) is 7.27. The van der Waals surface area contributed by atoms with E-state index in [0.29, 0.717) is 17.5 Å². The van der Waals surface area contributed by atoms with Gasteiger partial charge in [0, 0.05) is 22.1 Å². The van der Waals surface area contributed by atoms with E-state index in [4.69, 9.17) is 15.0 Å². The van der Waals surface area contributed by atoms with E-state index in [1.54, 1.807) is 0 Å². The minimum atomic E-state index is -0.0444. The zero-order valence-corrected chi connectivity index (χ0v) is 32.7. The molecule has 0 atom stereocenters. The summed E-state index contributed by atoms with van der Waals surface area (Å²) in [4.78, 5) is 16.2. The van der Waals surface area contributed by atoms with Gasteiger partial charge in [-0.3, -0.25) is 0 Å². The van der Waals surface area contributed by atoms with Crippen molar-refractivity contribution in [3.05, 3.63) is 199 Å². The van der Waals surface area contributed by atoms with Crippen LogP contribution in [0, 0.1) is 0 Å². The van der Waals surface area contributed by atoms with Crippen molar-refractivity contribution in [3.63, 3.8) is 0 Å². The number of rotatable bonds is 4. The van der Waals surface area contributed by atoms with E-state index < -0.39 is 0 Å². The average Bonchev–Trinajstić information content (AvgIpc) is 3.53. The van der Waals surface area contributed by atoms with Crippen molar-refractivity contribution >= 4 is 53.9 Å². The van der Waals surface area contributed by atoms with Crippen LogP contribution < -0.4 is 0 Å². The lowest BCUT2D eigenvalue weighted by atomic mass is 9.82. The number of aromatic nitrogens is 3. The molecule has 0 saturated heterocycles. The van der Waals surface area contributed by atoms with Gasteiger partial charge in [0.2, 0.25) is 0 Å². The SMILES string of the molecule is CC1(C)c2ccccc2-c2cc(-c3ccc(-c4nc(-c5cc6ccccc6c6ccccc56)nc(-c5cc6ccccc6c6ccccc56)n4)c4ccccc34)ccc21. The zero-order valence-electron chi connectivity index (χ0n) is 32.7. The van der Waals surface area contributed by atoms with E-state index in [9.17, 15) is 0 Å². The predicted octanol–water partition coefficient (Wildman–Crippen LogP) is 14.6. The highest BCUT2D eigenvalue weighted by Crippen LogP contribution is 2.50. The first-order valence-electron chi connectivity index (χ1n) is 20.4. The lowest BCUT2D eigenvalue weighted by molar-refractivity contribution is 0.660. The number of nitrogens with zero attached hydrogens (tertiary/aromatic N) is 3. The van der Waals surface area contributed by atoms with E-state index in [2.05, 4.69) is 202 Å². The van der Waals surface area contributed by atoms with Crippen molar-refractivity contribution in [2.75, 3.05) is 0 Å². The minimum absolute atomic E-state index is 0.0444. The predicted molar refractivity (Wildman–Crippen MR) is 247 cm³/mol. The zero-order chi connectivity index (χ0) is 39.2. The highest BCUT2D eigenvalue weighted by atomic mass is 15.0. The molecular formula is C56H37N3. The summed E-state index contributed by atoms with van der Waals surface area (Å²) in [6.45, 7) is 4.67. The molecule has 0 radical (unpaired) electrons. The van der Waals surface area contributed by atoms with Gasteiger partial charge < -0.3 is 0 Å². The van der Waals surface area contributed by atoms with Crippen molar-refractivity contribution in [3.8, 4) is 56.4 Å². The van der Waals surface area contributed by atoms with Crippen molar-refractivity contribution < 1.29 is 0 Å². The summed E-state index contributed by atoms with van der Waals surface area (Å²) >= 11 is 0. The smallest absolute Gasteiger partial charge is 0.164 e. The van der Waals surface area contributed by atoms with Crippen molar-refractivity contribution in [2.24, 2.45) is 0 Å². The number of fused-ring (bicyclic) bond motifs is 10. The Bertz CT molecular complexity index is 3410. The molecule has 1 aliphatic rings. The molecule has 12 rings (SSSR count). The van der Waals surface area contributed by atoms with Gasteiger partial charge in [0.1, 0.15) is 0 Å². The van der Waals surface area contributed by atoms with E-state index in [-0.39, 0.29) is 5.41 Å². The maximum Gasteiger partial charge on any atom is 0.164 e. The van der Waals surface area contributed by atoms with Crippen LogP contribution >= 0.6 is 0 Å². The summed E-state index contributed by atoms with van der Waals surface area (Å²) in [5.74, 6) is 1.95. The summed E-state index contributed by atoms with van der Waals surface area (Å²) < 4.78 is 0.